The second kappa shape index (κ2) is 7.55. The molecule has 6 nitrogen and oxygen atoms in total. The molecule has 0 saturated carbocycles. The molecule has 1 rings (SSSR count). The average Bonchev–Trinajstić information content (AvgIpc) is 2.38. The van der Waals surface area contributed by atoms with Crippen molar-refractivity contribution in [2.24, 2.45) is 0 Å². The van der Waals surface area contributed by atoms with E-state index in [0.29, 0.717) is 13.0 Å². The highest BCUT2D eigenvalue weighted by Gasteiger charge is 2.22. The van der Waals surface area contributed by atoms with Crippen LogP contribution in [0.25, 0.3) is 0 Å². The van der Waals surface area contributed by atoms with Gasteiger partial charge >= 0.3 is 5.97 Å². The van der Waals surface area contributed by atoms with E-state index in [2.05, 4.69) is 20.7 Å². The molecule has 118 valence electrons. The summed E-state index contributed by atoms with van der Waals surface area (Å²) in [7, 11) is -2.32. The van der Waals surface area contributed by atoms with Crippen molar-refractivity contribution >= 4 is 43.5 Å². The summed E-state index contributed by atoms with van der Waals surface area (Å²) < 4.78 is 32.0. The van der Waals surface area contributed by atoms with E-state index in [1.807, 2.05) is 0 Å². The summed E-state index contributed by atoms with van der Waals surface area (Å²) >= 11 is 8.88. The number of nitrogens with one attached hydrogen (secondary N) is 1. The quantitative estimate of drug-likeness (QED) is 0.733. The van der Waals surface area contributed by atoms with Gasteiger partial charge in [0.1, 0.15) is 0 Å². The molecule has 0 bridgehead atoms. The number of carboxylic acids is 1. The van der Waals surface area contributed by atoms with Crippen LogP contribution in [0, 0.1) is 0 Å². The number of carboxylic acid groups (broad SMARTS) is 1. The molecule has 1 unspecified atom stereocenters. The summed E-state index contributed by atoms with van der Waals surface area (Å²) in [5.41, 5.74) is -0.282. The molecule has 1 atom stereocenters. The SMILES string of the molecule is COCCC(C)NS(=O)(=O)c1cc(Br)c(Cl)c(C(=O)O)c1. The van der Waals surface area contributed by atoms with Crippen molar-refractivity contribution in [3.8, 4) is 0 Å². The summed E-state index contributed by atoms with van der Waals surface area (Å²) in [4.78, 5) is 10.9. The van der Waals surface area contributed by atoms with Crippen molar-refractivity contribution in [3.63, 3.8) is 0 Å². The fourth-order valence-electron chi connectivity index (χ4n) is 1.56. The van der Waals surface area contributed by atoms with Crippen molar-refractivity contribution in [1.29, 1.82) is 0 Å². The molecule has 0 heterocycles. The standard InChI is InChI=1S/C12H15BrClNO5S/c1-7(3-4-20-2)15-21(18,19)8-5-9(12(16)17)11(14)10(13)6-8/h5-7,15H,3-4H2,1-2H3,(H,16,17). The molecule has 0 saturated heterocycles. The fraction of sp³-hybridized carbons (Fsp3) is 0.417. The van der Waals surface area contributed by atoms with Gasteiger partial charge in [-0.15, -0.1) is 0 Å². The van der Waals surface area contributed by atoms with Gasteiger partial charge in [-0.2, -0.15) is 0 Å². The number of benzene rings is 1. The summed E-state index contributed by atoms with van der Waals surface area (Å²) in [5, 5.41) is 8.99. The number of aromatic carboxylic acids is 1. The Morgan fingerprint density at radius 2 is 2.14 bits per heavy atom. The van der Waals surface area contributed by atoms with Gasteiger partial charge in [-0.3, -0.25) is 0 Å². The van der Waals surface area contributed by atoms with Crippen LogP contribution >= 0.6 is 27.5 Å². The molecule has 0 aromatic heterocycles. The number of halogens is 2. The monoisotopic (exact) mass is 399 g/mol. The van der Waals surface area contributed by atoms with E-state index in [9.17, 15) is 13.2 Å². The number of sulfonamides is 1. The van der Waals surface area contributed by atoms with Crippen LogP contribution in [0.2, 0.25) is 5.02 Å². The van der Waals surface area contributed by atoms with Crippen molar-refractivity contribution in [2.75, 3.05) is 13.7 Å². The van der Waals surface area contributed by atoms with E-state index in [1.54, 1.807) is 6.92 Å². The first-order valence-corrected chi connectivity index (χ1v) is 8.58. The number of hydrogen-bond acceptors (Lipinski definition) is 4. The Labute approximate surface area is 136 Å². The maximum Gasteiger partial charge on any atom is 0.337 e. The first kappa shape index (κ1) is 18.4. The van der Waals surface area contributed by atoms with E-state index in [0.717, 1.165) is 6.07 Å². The van der Waals surface area contributed by atoms with E-state index in [-0.39, 0.29) is 26.0 Å². The Morgan fingerprint density at radius 1 is 1.52 bits per heavy atom. The van der Waals surface area contributed by atoms with Crippen LogP contribution in [0.4, 0.5) is 0 Å². The predicted molar refractivity (Wildman–Crippen MR) is 82.4 cm³/mol. The number of carbonyl (C=O) groups is 1. The van der Waals surface area contributed by atoms with Crippen molar-refractivity contribution < 1.29 is 23.1 Å². The third kappa shape index (κ3) is 4.93. The minimum atomic E-state index is -3.84. The predicted octanol–water partition coefficient (Wildman–Crippen LogP) is 2.50. The van der Waals surface area contributed by atoms with Gasteiger partial charge in [0.05, 0.1) is 15.5 Å². The molecule has 0 radical (unpaired) electrons. The maximum absolute atomic E-state index is 12.2. The largest absolute Gasteiger partial charge is 0.478 e. The number of rotatable bonds is 7. The normalized spacial score (nSPS) is 13.1. The van der Waals surface area contributed by atoms with E-state index < -0.39 is 16.0 Å². The van der Waals surface area contributed by atoms with Crippen LogP contribution in [0.5, 0.6) is 0 Å². The molecule has 0 aliphatic rings. The molecular formula is C12H15BrClNO5S. The van der Waals surface area contributed by atoms with Crippen molar-refractivity contribution in [3.05, 3.63) is 27.2 Å². The van der Waals surface area contributed by atoms with Crippen LogP contribution < -0.4 is 4.72 Å². The molecule has 0 aliphatic heterocycles. The molecule has 9 heteroatoms. The number of hydrogen-bond donors (Lipinski definition) is 2. The molecule has 0 amide bonds. The third-order valence-corrected chi connectivity index (χ3v) is 5.48. The van der Waals surface area contributed by atoms with Gasteiger partial charge in [0.25, 0.3) is 0 Å². The molecule has 21 heavy (non-hydrogen) atoms. The Bertz CT molecular complexity index is 635. The van der Waals surface area contributed by atoms with E-state index >= 15 is 0 Å². The van der Waals surface area contributed by atoms with Crippen LogP contribution in [0.1, 0.15) is 23.7 Å². The third-order valence-electron chi connectivity index (χ3n) is 2.65. The minimum absolute atomic E-state index is 0.0473. The Hall–Kier alpha value is -0.670. The molecule has 0 spiro atoms. The van der Waals surface area contributed by atoms with Gasteiger partial charge in [-0.1, -0.05) is 11.6 Å². The highest BCUT2D eigenvalue weighted by Crippen LogP contribution is 2.30. The van der Waals surface area contributed by atoms with Gasteiger partial charge in [0.2, 0.25) is 10.0 Å². The topological polar surface area (TPSA) is 92.7 Å². The second-order valence-corrected chi connectivity index (χ2v) is 7.32. The Kier molecular flexibility index (Phi) is 6.61. The molecule has 1 aromatic rings. The van der Waals surface area contributed by atoms with E-state index in [4.69, 9.17) is 21.4 Å². The summed E-state index contributed by atoms with van der Waals surface area (Å²) in [5.74, 6) is -1.30. The highest BCUT2D eigenvalue weighted by molar-refractivity contribution is 9.10. The summed E-state index contributed by atoms with van der Waals surface area (Å²) in [6.45, 7) is 2.11. The lowest BCUT2D eigenvalue weighted by Gasteiger charge is -2.14. The molecule has 1 aromatic carbocycles. The lowest BCUT2D eigenvalue weighted by molar-refractivity contribution is 0.0696. The zero-order chi connectivity index (χ0) is 16.2. The maximum atomic E-state index is 12.2. The van der Waals surface area contributed by atoms with Crippen LogP contribution in [0.15, 0.2) is 21.5 Å². The molecule has 0 aliphatic carbocycles. The second-order valence-electron chi connectivity index (χ2n) is 4.38. The minimum Gasteiger partial charge on any atom is -0.478 e. The zero-order valence-corrected chi connectivity index (χ0v) is 14.5. The van der Waals surface area contributed by atoms with Crippen molar-refractivity contribution in [2.45, 2.75) is 24.3 Å². The average molecular weight is 401 g/mol. The van der Waals surface area contributed by atoms with E-state index in [1.165, 1.54) is 13.2 Å². The van der Waals surface area contributed by atoms with Gasteiger partial charge in [-0.05, 0) is 41.4 Å². The highest BCUT2D eigenvalue weighted by atomic mass is 79.9. The number of methoxy groups -OCH3 is 1. The molecule has 0 fully saturated rings. The summed E-state index contributed by atoms with van der Waals surface area (Å²) in [6, 6.07) is 1.94. The van der Waals surface area contributed by atoms with Gasteiger partial charge in [-0.25, -0.2) is 17.9 Å². The van der Waals surface area contributed by atoms with Crippen molar-refractivity contribution in [1.82, 2.24) is 4.72 Å². The van der Waals surface area contributed by atoms with Gasteiger partial charge < -0.3 is 9.84 Å². The first-order chi connectivity index (χ1) is 9.69. The Balaban J connectivity index is 3.12. The fourth-order valence-corrected chi connectivity index (χ4v) is 3.69. The van der Waals surface area contributed by atoms with Gasteiger partial charge in [0.15, 0.2) is 0 Å². The molecular weight excluding hydrogens is 386 g/mol. The van der Waals surface area contributed by atoms with Crippen LogP contribution in [-0.4, -0.2) is 39.3 Å². The number of ether oxygens (including phenoxy) is 1. The summed E-state index contributed by atoms with van der Waals surface area (Å²) in [6.07, 6.45) is 0.496. The smallest absolute Gasteiger partial charge is 0.337 e. The zero-order valence-electron chi connectivity index (χ0n) is 11.4. The molecule has 2 N–H and O–H groups in total. The Morgan fingerprint density at radius 3 is 2.67 bits per heavy atom. The first-order valence-electron chi connectivity index (χ1n) is 5.92. The van der Waals surface area contributed by atoms with Gasteiger partial charge in [0, 0.05) is 24.2 Å². The van der Waals surface area contributed by atoms with Crippen LogP contribution in [0.3, 0.4) is 0 Å². The lowest BCUT2D eigenvalue weighted by atomic mass is 10.2. The lowest BCUT2D eigenvalue weighted by Crippen LogP contribution is -2.33. The van der Waals surface area contributed by atoms with Crippen LogP contribution in [-0.2, 0) is 14.8 Å².